The summed E-state index contributed by atoms with van der Waals surface area (Å²) >= 11 is 0. The third-order valence-electron chi connectivity index (χ3n) is 7.41. The number of benzene rings is 2. The first kappa shape index (κ1) is 22.3. The van der Waals surface area contributed by atoms with Crippen LogP contribution in [0.25, 0.3) is 21.8 Å². The first-order valence-corrected chi connectivity index (χ1v) is 11.9. The molecule has 1 fully saturated rings. The van der Waals surface area contributed by atoms with E-state index in [1.807, 2.05) is 28.8 Å². The van der Waals surface area contributed by atoms with E-state index in [4.69, 9.17) is 0 Å². The number of halogens is 1. The second kappa shape index (κ2) is 9.05. The van der Waals surface area contributed by atoms with Crippen molar-refractivity contribution >= 4 is 27.7 Å². The molecule has 1 saturated carbocycles. The Morgan fingerprint density at radius 1 is 1.09 bits per heavy atom. The average molecular weight is 461 g/mol. The average Bonchev–Trinajstić information content (AvgIpc) is 3.14. The molecule has 1 amide bonds. The second-order valence-electron chi connectivity index (χ2n) is 9.51. The molecule has 0 bridgehead atoms. The number of rotatable bonds is 5. The van der Waals surface area contributed by atoms with Crippen LogP contribution < -0.4 is 10.9 Å². The molecule has 0 spiro atoms. The number of carbonyl (C=O) groups is 1. The molecule has 0 radical (unpaired) electrons. The topological polar surface area (TPSA) is 68.9 Å². The maximum Gasteiger partial charge on any atom is 0.291 e. The fourth-order valence-corrected chi connectivity index (χ4v) is 5.24. The number of nitrogens with one attached hydrogen (secondary N) is 1. The SMILES string of the molecule is C[C@@H]1[C@H](C)CCC[C@H]1NC(=O)Cn1ncc2c3ccccc3n(Cc3ccccc3F)c2c1=O. The first-order chi connectivity index (χ1) is 16.4. The zero-order valence-corrected chi connectivity index (χ0v) is 19.5. The molecule has 2 aromatic carbocycles. The molecule has 6 nitrogen and oxygen atoms in total. The van der Waals surface area contributed by atoms with Gasteiger partial charge in [-0.2, -0.15) is 5.10 Å². The van der Waals surface area contributed by atoms with Gasteiger partial charge in [-0.3, -0.25) is 9.59 Å². The molecular formula is C27H29FN4O2. The Balaban J connectivity index is 1.52. The molecule has 1 aliphatic carbocycles. The number of aromatic nitrogens is 3. The van der Waals surface area contributed by atoms with E-state index in [0.717, 1.165) is 23.7 Å². The summed E-state index contributed by atoms with van der Waals surface area (Å²) in [5.74, 6) is 0.424. The van der Waals surface area contributed by atoms with Crippen molar-refractivity contribution in [3.63, 3.8) is 0 Å². The van der Waals surface area contributed by atoms with Crippen molar-refractivity contribution in [1.82, 2.24) is 19.7 Å². The lowest BCUT2D eigenvalue weighted by molar-refractivity contribution is -0.123. The summed E-state index contributed by atoms with van der Waals surface area (Å²) in [6.45, 7) is 4.46. The quantitative estimate of drug-likeness (QED) is 0.478. The zero-order valence-electron chi connectivity index (χ0n) is 19.5. The maximum atomic E-state index is 14.5. The van der Waals surface area contributed by atoms with Crippen LogP contribution in [0, 0.1) is 17.7 Å². The molecule has 2 heterocycles. The minimum Gasteiger partial charge on any atom is -0.351 e. The summed E-state index contributed by atoms with van der Waals surface area (Å²) in [5, 5.41) is 9.01. The molecule has 34 heavy (non-hydrogen) atoms. The van der Waals surface area contributed by atoms with Crippen LogP contribution in [0.4, 0.5) is 4.39 Å². The summed E-state index contributed by atoms with van der Waals surface area (Å²) in [6, 6.07) is 14.3. The van der Waals surface area contributed by atoms with Gasteiger partial charge in [0.2, 0.25) is 5.91 Å². The molecule has 1 aliphatic rings. The van der Waals surface area contributed by atoms with Crippen molar-refractivity contribution in [2.45, 2.75) is 52.2 Å². The van der Waals surface area contributed by atoms with E-state index in [-0.39, 0.29) is 36.4 Å². The Hall–Kier alpha value is -3.48. The van der Waals surface area contributed by atoms with Gasteiger partial charge in [-0.1, -0.05) is 63.1 Å². The van der Waals surface area contributed by atoms with E-state index in [1.165, 1.54) is 17.2 Å². The standard InChI is InChI=1S/C27H29FN4O2/c1-17-8-7-12-23(18(17)2)30-25(33)16-32-27(34)26-21(14-29-32)20-10-4-6-13-24(20)31(26)15-19-9-3-5-11-22(19)28/h3-6,9-11,13-14,17-18,23H,7-8,12,15-16H2,1-2H3,(H,30,33)/t17-,18-,23-/m1/s1. The Kier molecular flexibility index (Phi) is 5.94. The third-order valence-corrected chi connectivity index (χ3v) is 7.41. The van der Waals surface area contributed by atoms with Crippen LogP contribution in [0.5, 0.6) is 0 Å². The van der Waals surface area contributed by atoms with E-state index >= 15 is 0 Å². The molecule has 3 atom stereocenters. The predicted octanol–water partition coefficient (Wildman–Crippen LogP) is 4.48. The fourth-order valence-electron chi connectivity index (χ4n) is 5.24. The molecule has 2 aromatic heterocycles. The lowest BCUT2D eigenvalue weighted by Gasteiger charge is -2.34. The number of hydrogen-bond acceptors (Lipinski definition) is 3. The predicted molar refractivity (Wildman–Crippen MR) is 131 cm³/mol. The van der Waals surface area contributed by atoms with E-state index in [0.29, 0.717) is 28.3 Å². The van der Waals surface area contributed by atoms with Crippen LogP contribution in [-0.4, -0.2) is 26.3 Å². The summed E-state index contributed by atoms with van der Waals surface area (Å²) in [4.78, 5) is 26.4. The molecule has 5 rings (SSSR count). The summed E-state index contributed by atoms with van der Waals surface area (Å²) < 4.78 is 17.5. The van der Waals surface area contributed by atoms with E-state index in [2.05, 4.69) is 24.3 Å². The Bertz CT molecular complexity index is 1420. The normalized spacial score (nSPS) is 20.6. The molecule has 7 heteroatoms. The highest BCUT2D eigenvalue weighted by atomic mass is 19.1. The molecule has 0 unspecified atom stereocenters. The van der Waals surface area contributed by atoms with Crippen LogP contribution in [0.15, 0.2) is 59.5 Å². The summed E-state index contributed by atoms with van der Waals surface area (Å²) in [6.07, 6.45) is 4.86. The van der Waals surface area contributed by atoms with Gasteiger partial charge in [-0.15, -0.1) is 0 Å². The van der Waals surface area contributed by atoms with E-state index < -0.39 is 0 Å². The van der Waals surface area contributed by atoms with Crippen molar-refractivity contribution in [3.8, 4) is 0 Å². The second-order valence-corrected chi connectivity index (χ2v) is 9.51. The van der Waals surface area contributed by atoms with Crippen molar-refractivity contribution in [2.24, 2.45) is 11.8 Å². The van der Waals surface area contributed by atoms with Gasteiger partial charge in [0.05, 0.1) is 12.7 Å². The summed E-state index contributed by atoms with van der Waals surface area (Å²) in [5.41, 5.74) is 1.38. The molecule has 1 N–H and O–H groups in total. The molecule has 176 valence electrons. The molecule has 4 aromatic rings. The fraction of sp³-hybridized carbons (Fsp3) is 0.370. The van der Waals surface area contributed by atoms with Gasteiger partial charge < -0.3 is 9.88 Å². The van der Waals surface area contributed by atoms with Gasteiger partial charge in [0, 0.05) is 27.9 Å². The number of amides is 1. The van der Waals surface area contributed by atoms with E-state index in [1.54, 1.807) is 24.4 Å². The zero-order chi connectivity index (χ0) is 23.8. The van der Waals surface area contributed by atoms with Gasteiger partial charge in [0.15, 0.2) is 0 Å². The highest BCUT2D eigenvalue weighted by Crippen LogP contribution is 2.30. The highest BCUT2D eigenvalue weighted by Gasteiger charge is 2.28. The molecular weight excluding hydrogens is 431 g/mol. The van der Waals surface area contributed by atoms with Crippen molar-refractivity contribution in [3.05, 3.63) is 76.5 Å². The molecule has 0 aliphatic heterocycles. The number of carbonyl (C=O) groups excluding carboxylic acids is 1. The van der Waals surface area contributed by atoms with Crippen LogP contribution in [-0.2, 0) is 17.9 Å². The smallest absolute Gasteiger partial charge is 0.291 e. The van der Waals surface area contributed by atoms with Crippen LogP contribution in [0.1, 0.15) is 38.7 Å². The van der Waals surface area contributed by atoms with E-state index in [9.17, 15) is 14.0 Å². The van der Waals surface area contributed by atoms with Gasteiger partial charge >= 0.3 is 0 Å². The number of para-hydroxylation sites is 1. The van der Waals surface area contributed by atoms with Crippen LogP contribution in [0.2, 0.25) is 0 Å². The highest BCUT2D eigenvalue weighted by molar-refractivity contribution is 6.07. The first-order valence-electron chi connectivity index (χ1n) is 11.9. The minimum absolute atomic E-state index is 0.114. The third kappa shape index (κ3) is 4.00. The van der Waals surface area contributed by atoms with Crippen LogP contribution >= 0.6 is 0 Å². The largest absolute Gasteiger partial charge is 0.351 e. The molecule has 0 saturated heterocycles. The monoisotopic (exact) mass is 460 g/mol. The van der Waals surface area contributed by atoms with Crippen molar-refractivity contribution in [1.29, 1.82) is 0 Å². The lowest BCUT2D eigenvalue weighted by atomic mass is 9.78. The Morgan fingerprint density at radius 3 is 2.68 bits per heavy atom. The Labute approximate surface area is 197 Å². The maximum absolute atomic E-state index is 14.5. The number of nitrogens with zero attached hydrogens (tertiary/aromatic N) is 3. The number of fused-ring (bicyclic) bond motifs is 3. The Morgan fingerprint density at radius 2 is 1.85 bits per heavy atom. The van der Waals surface area contributed by atoms with Crippen LogP contribution in [0.3, 0.4) is 0 Å². The van der Waals surface area contributed by atoms with Crippen molar-refractivity contribution < 1.29 is 9.18 Å². The number of hydrogen-bond donors (Lipinski definition) is 1. The van der Waals surface area contributed by atoms with Crippen molar-refractivity contribution in [2.75, 3.05) is 0 Å². The van der Waals surface area contributed by atoms with Gasteiger partial charge in [-0.05, 0) is 30.4 Å². The van der Waals surface area contributed by atoms with Gasteiger partial charge in [0.25, 0.3) is 5.56 Å². The lowest BCUT2D eigenvalue weighted by Crippen LogP contribution is -2.45. The minimum atomic E-state index is -0.356. The summed E-state index contributed by atoms with van der Waals surface area (Å²) in [7, 11) is 0. The van der Waals surface area contributed by atoms with Gasteiger partial charge in [-0.25, -0.2) is 9.07 Å². The van der Waals surface area contributed by atoms with Gasteiger partial charge in [0.1, 0.15) is 17.9 Å².